The topological polar surface area (TPSA) is 69.3 Å². The molecule has 0 aliphatic heterocycles. The number of halogens is 1. The number of ketones is 1. The van der Waals surface area contributed by atoms with Crippen LogP contribution in [0, 0.1) is 27.7 Å². The fourth-order valence-corrected chi connectivity index (χ4v) is 4.45. The summed E-state index contributed by atoms with van der Waals surface area (Å²) in [6.07, 6.45) is 3.39. The van der Waals surface area contributed by atoms with Crippen molar-refractivity contribution in [3.8, 4) is 5.69 Å². The number of fused-ring (bicyclic) bond motifs is 1. The van der Waals surface area contributed by atoms with Crippen LogP contribution in [-0.4, -0.2) is 30.7 Å². The zero-order chi connectivity index (χ0) is 22.3. The van der Waals surface area contributed by atoms with Crippen molar-refractivity contribution in [1.82, 2.24) is 19.2 Å². The minimum atomic E-state index is -0.302. The molecule has 0 bridgehead atoms. The van der Waals surface area contributed by atoms with Crippen LogP contribution in [0.2, 0.25) is 5.02 Å². The molecule has 8 heteroatoms. The smallest absolute Gasteiger partial charge is 0.293 e. The first-order valence-corrected chi connectivity index (χ1v) is 11.1. The lowest BCUT2D eigenvalue weighted by Gasteiger charge is -2.10. The van der Waals surface area contributed by atoms with Gasteiger partial charge in [0.15, 0.2) is 10.9 Å². The molecule has 31 heavy (non-hydrogen) atoms. The second-order valence-corrected chi connectivity index (χ2v) is 8.85. The normalized spacial score (nSPS) is 11.3. The van der Waals surface area contributed by atoms with Crippen LogP contribution in [0.5, 0.6) is 0 Å². The number of hydrogen-bond donors (Lipinski definition) is 0. The molecule has 0 amide bonds. The lowest BCUT2D eigenvalue weighted by atomic mass is 9.99. The maximum Gasteiger partial charge on any atom is 0.300 e. The van der Waals surface area contributed by atoms with Crippen LogP contribution in [0.3, 0.4) is 0 Å². The van der Waals surface area contributed by atoms with Gasteiger partial charge >= 0.3 is 5.56 Å². The number of hydrogen-bond acceptors (Lipinski definition) is 5. The molecule has 0 fully saturated rings. The van der Waals surface area contributed by atoms with Gasteiger partial charge in [-0.05, 0) is 68.1 Å². The van der Waals surface area contributed by atoms with Crippen molar-refractivity contribution in [3.05, 3.63) is 85.9 Å². The fourth-order valence-electron chi connectivity index (χ4n) is 3.48. The Balaban J connectivity index is 1.63. The number of carbonyl (C=O) groups excluding carboxylic acids is 1. The highest BCUT2D eigenvalue weighted by molar-refractivity contribution is 7.99. The van der Waals surface area contributed by atoms with Crippen LogP contribution in [0.15, 0.2) is 52.7 Å². The summed E-state index contributed by atoms with van der Waals surface area (Å²) in [4.78, 5) is 25.8. The van der Waals surface area contributed by atoms with Crippen LogP contribution < -0.4 is 5.56 Å². The number of aryl methyl sites for hydroxylation is 3. The van der Waals surface area contributed by atoms with E-state index < -0.39 is 0 Å². The molecule has 0 saturated heterocycles. The van der Waals surface area contributed by atoms with Crippen LogP contribution in [0.4, 0.5) is 0 Å². The molecule has 0 aliphatic carbocycles. The number of thioether (sulfide) groups is 1. The lowest BCUT2D eigenvalue weighted by Crippen LogP contribution is -2.21. The Morgan fingerprint density at radius 3 is 2.55 bits per heavy atom. The van der Waals surface area contributed by atoms with Crippen LogP contribution in [-0.2, 0) is 0 Å². The Morgan fingerprint density at radius 1 is 1.03 bits per heavy atom. The van der Waals surface area contributed by atoms with Crippen molar-refractivity contribution in [2.24, 2.45) is 0 Å². The minimum Gasteiger partial charge on any atom is -0.293 e. The van der Waals surface area contributed by atoms with E-state index in [1.165, 1.54) is 16.3 Å². The first-order chi connectivity index (χ1) is 14.8. The van der Waals surface area contributed by atoms with Gasteiger partial charge < -0.3 is 0 Å². The van der Waals surface area contributed by atoms with Gasteiger partial charge in [-0.15, -0.1) is 10.2 Å². The zero-order valence-corrected chi connectivity index (χ0v) is 19.2. The Morgan fingerprint density at radius 2 is 1.77 bits per heavy atom. The molecule has 2 heterocycles. The monoisotopic (exact) mass is 452 g/mol. The van der Waals surface area contributed by atoms with Gasteiger partial charge in [0.25, 0.3) is 0 Å². The summed E-state index contributed by atoms with van der Waals surface area (Å²) in [5.74, 6) is 0.228. The highest BCUT2D eigenvalue weighted by Gasteiger charge is 2.16. The van der Waals surface area contributed by atoms with Crippen molar-refractivity contribution in [2.45, 2.75) is 32.9 Å². The van der Waals surface area contributed by atoms with Crippen molar-refractivity contribution < 1.29 is 4.79 Å². The van der Waals surface area contributed by atoms with Gasteiger partial charge in [-0.1, -0.05) is 35.5 Å². The molecule has 2 aromatic heterocycles. The van der Waals surface area contributed by atoms with Gasteiger partial charge in [-0.2, -0.15) is 0 Å². The number of aromatic nitrogens is 4. The van der Waals surface area contributed by atoms with Crippen molar-refractivity contribution in [3.63, 3.8) is 0 Å². The van der Waals surface area contributed by atoms with Gasteiger partial charge in [0, 0.05) is 23.0 Å². The van der Waals surface area contributed by atoms with Gasteiger partial charge in [0.1, 0.15) is 0 Å². The van der Waals surface area contributed by atoms with Gasteiger partial charge in [-0.3, -0.25) is 18.6 Å². The fraction of sp³-hybridized carbons (Fsp3) is 0.217. The standard InChI is InChI=1S/C23H21ClN4O2S/c1-13-10-15(3)17(11-14(13)2)20(29)12-31-23-26-25-21-22(30)27(8-9-28(21)23)19-7-5-6-18(24)16(19)4/h5-11H,12H2,1-4H3. The minimum absolute atomic E-state index is 0.0187. The molecule has 0 saturated carbocycles. The summed E-state index contributed by atoms with van der Waals surface area (Å²) in [5.41, 5.74) is 5.31. The third kappa shape index (κ3) is 3.91. The largest absolute Gasteiger partial charge is 0.300 e. The highest BCUT2D eigenvalue weighted by Crippen LogP contribution is 2.23. The molecule has 0 atom stereocenters. The van der Waals surface area contributed by atoms with E-state index in [1.54, 1.807) is 28.9 Å². The van der Waals surface area contributed by atoms with E-state index >= 15 is 0 Å². The van der Waals surface area contributed by atoms with Crippen LogP contribution in [0.1, 0.15) is 32.6 Å². The molecular formula is C23H21ClN4O2S. The predicted octanol–water partition coefficient (Wildman–Crippen LogP) is 4.74. The first kappa shape index (κ1) is 21.3. The number of rotatable bonds is 5. The van der Waals surface area contributed by atoms with E-state index in [9.17, 15) is 9.59 Å². The maximum absolute atomic E-state index is 13.0. The third-order valence-corrected chi connectivity index (χ3v) is 6.76. The molecule has 4 rings (SSSR count). The molecule has 2 aromatic carbocycles. The van der Waals surface area contributed by atoms with E-state index in [2.05, 4.69) is 10.2 Å². The van der Waals surface area contributed by atoms with E-state index in [0.29, 0.717) is 21.4 Å². The number of benzene rings is 2. The average molecular weight is 453 g/mol. The van der Waals surface area contributed by atoms with Gasteiger partial charge in [-0.25, -0.2) is 0 Å². The van der Waals surface area contributed by atoms with Crippen molar-refractivity contribution >= 4 is 34.8 Å². The summed E-state index contributed by atoms with van der Waals surface area (Å²) in [6, 6.07) is 9.37. The van der Waals surface area contributed by atoms with Crippen molar-refractivity contribution in [1.29, 1.82) is 0 Å². The van der Waals surface area contributed by atoms with Crippen LogP contribution >= 0.6 is 23.4 Å². The van der Waals surface area contributed by atoms with Crippen LogP contribution in [0.25, 0.3) is 11.3 Å². The number of carbonyl (C=O) groups is 1. The number of nitrogens with zero attached hydrogens (tertiary/aromatic N) is 4. The maximum atomic E-state index is 13.0. The first-order valence-electron chi connectivity index (χ1n) is 9.73. The molecular weight excluding hydrogens is 432 g/mol. The molecule has 0 radical (unpaired) electrons. The van der Waals surface area contributed by atoms with Gasteiger partial charge in [0.2, 0.25) is 5.65 Å². The summed E-state index contributed by atoms with van der Waals surface area (Å²) < 4.78 is 3.12. The average Bonchev–Trinajstić information content (AvgIpc) is 3.15. The summed E-state index contributed by atoms with van der Waals surface area (Å²) in [6.45, 7) is 7.83. The second-order valence-electron chi connectivity index (χ2n) is 7.50. The zero-order valence-electron chi connectivity index (χ0n) is 17.6. The molecule has 6 nitrogen and oxygen atoms in total. The molecule has 158 valence electrons. The Hall–Kier alpha value is -2.90. The molecule has 4 aromatic rings. The van der Waals surface area contributed by atoms with E-state index in [4.69, 9.17) is 11.6 Å². The van der Waals surface area contributed by atoms with E-state index in [-0.39, 0.29) is 22.7 Å². The summed E-state index contributed by atoms with van der Waals surface area (Å²) in [7, 11) is 0. The molecule has 0 aliphatic rings. The summed E-state index contributed by atoms with van der Waals surface area (Å²) in [5, 5.41) is 9.28. The molecule has 0 N–H and O–H groups in total. The Bertz CT molecular complexity index is 1390. The highest BCUT2D eigenvalue weighted by atomic mass is 35.5. The predicted molar refractivity (Wildman–Crippen MR) is 124 cm³/mol. The van der Waals surface area contributed by atoms with Crippen molar-refractivity contribution in [2.75, 3.05) is 5.75 Å². The lowest BCUT2D eigenvalue weighted by molar-refractivity contribution is 0.102. The Labute approximate surface area is 188 Å². The molecule has 0 spiro atoms. The van der Waals surface area contributed by atoms with E-state index in [1.807, 2.05) is 45.9 Å². The quantitative estimate of drug-likeness (QED) is 0.323. The number of Topliss-reactive ketones (excluding diaryl/α,β-unsaturated/α-hetero) is 1. The van der Waals surface area contributed by atoms with Gasteiger partial charge in [0.05, 0.1) is 11.4 Å². The third-order valence-electron chi connectivity index (χ3n) is 5.41. The molecule has 0 unspecified atom stereocenters. The Kier molecular flexibility index (Phi) is 5.73. The summed E-state index contributed by atoms with van der Waals surface area (Å²) >= 11 is 7.47. The van der Waals surface area contributed by atoms with E-state index in [0.717, 1.165) is 22.3 Å². The SMILES string of the molecule is Cc1cc(C)c(C(=O)CSc2nnc3c(=O)n(-c4cccc(Cl)c4C)ccn23)cc1C. The second kappa shape index (κ2) is 8.32.